The van der Waals surface area contributed by atoms with E-state index in [0.29, 0.717) is 24.8 Å². The smallest absolute Gasteiger partial charge is 0.319 e. The Morgan fingerprint density at radius 1 is 1.46 bits per heavy atom. The highest BCUT2D eigenvalue weighted by atomic mass is 16.5. The van der Waals surface area contributed by atoms with Crippen LogP contribution < -0.4 is 10.6 Å². The number of benzene rings is 1. The average Bonchev–Trinajstić information content (AvgIpc) is 3.26. The van der Waals surface area contributed by atoms with Crippen LogP contribution in [0.1, 0.15) is 43.5 Å². The average molecular weight is 330 g/mol. The molecule has 0 radical (unpaired) electrons. The normalized spacial score (nSPS) is 15.1. The van der Waals surface area contributed by atoms with E-state index in [0.717, 1.165) is 35.5 Å². The summed E-state index contributed by atoms with van der Waals surface area (Å²) in [5.41, 5.74) is 2.46. The number of aliphatic hydroxyl groups is 1. The Bertz CT molecular complexity index is 722. The van der Waals surface area contributed by atoms with Crippen LogP contribution in [0.3, 0.4) is 0 Å². The largest absolute Gasteiger partial charge is 0.393 e. The third-order valence-electron chi connectivity index (χ3n) is 3.95. The van der Waals surface area contributed by atoms with Gasteiger partial charge in [-0.3, -0.25) is 0 Å². The number of urea groups is 1. The first-order valence-electron chi connectivity index (χ1n) is 8.20. The van der Waals surface area contributed by atoms with Gasteiger partial charge in [0.05, 0.1) is 6.10 Å². The third-order valence-corrected chi connectivity index (χ3v) is 3.95. The second-order valence-electron chi connectivity index (χ2n) is 6.28. The fourth-order valence-electron chi connectivity index (χ4n) is 2.36. The number of aliphatic hydroxyl groups excluding tert-OH is 1. The van der Waals surface area contributed by atoms with Crippen molar-refractivity contribution in [3.05, 3.63) is 29.6 Å². The molecule has 1 aliphatic carbocycles. The van der Waals surface area contributed by atoms with Gasteiger partial charge in [0, 0.05) is 23.7 Å². The highest BCUT2D eigenvalue weighted by Crippen LogP contribution is 2.39. The first kappa shape index (κ1) is 16.4. The van der Waals surface area contributed by atoms with E-state index in [1.165, 1.54) is 0 Å². The molecule has 1 heterocycles. The summed E-state index contributed by atoms with van der Waals surface area (Å²) in [6, 6.07) is 5.29. The number of carbonyl (C=O) groups excluding carboxylic acids is 1. The lowest BCUT2D eigenvalue weighted by molar-refractivity contribution is 0.184. The van der Waals surface area contributed by atoms with Gasteiger partial charge in [-0.2, -0.15) is 4.98 Å². The van der Waals surface area contributed by atoms with Gasteiger partial charge in [0.2, 0.25) is 0 Å². The first-order valence-corrected chi connectivity index (χ1v) is 8.20. The molecular formula is C17H22N4O3. The molecule has 3 N–H and O–H groups in total. The number of amides is 2. The van der Waals surface area contributed by atoms with E-state index in [2.05, 4.69) is 20.8 Å². The zero-order valence-corrected chi connectivity index (χ0v) is 13.9. The van der Waals surface area contributed by atoms with Gasteiger partial charge in [-0.05, 0) is 56.9 Å². The molecule has 0 aliphatic heterocycles. The van der Waals surface area contributed by atoms with Gasteiger partial charge in [0.25, 0.3) is 5.89 Å². The molecule has 1 aromatic carbocycles. The lowest BCUT2D eigenvalue weighted by atomic mass is 10.1. The Balaban J connectivity index is 1.62. The van der Waals surface area contributed by atoms with Crippen LogP contribution in [0.4, 0.5) is 10.5 Å². The van der Waals surface area contributed by atoms with E-state index in [9.17, 15) is 9.90 Å². The van der Waals surface area contributed by atoms with Crippen LogP contribution in [0.25, 0.3) is 11.5 Å². The molecular weight excluding hydrogens is 308 g/mol. The minimum absolute atomic E-state index is 0.291. The van der Waals surface area contributed by atoms with E-state index >= 15 is 0 Å². The van der Waals surface area contributed by atoms with Gasteiger partial charge in [-0.25, -0.2) is 4.79 Å². The molecule has 1 aliphatic rings. The van der Waals surface area contributed by atoms with Crippen LogP contribution in [0, 0.1) is 6.92 Å². The highest BCUT2D eigenvalue weighted by Gasteiger charge is 2.29. The molecule has 7 heteroatoms. The molecule has 24 heavy (non-hydrogen) atoms. The molecule has 128 valence electrons. The maximum absolute atomic E-state index is 11.8. The Labute approximate surface area is 140 Å². The van der Waals surface area contributed by atoms with Crippen molar-refractivity contribution < 1.29 is 14.4 Å². The molecule has 0 saturated heterocycles. The SMILES string of the molecule is Cc1cc(-c2nc(C3CC3)no2)ccc1NC(=O)NCC[C@@H](C)O. The van der Waals surface area contributed by atoms with E-state index < -0.39 is 6.10 Å². The zero-order valence-electron chi connectivity index (χ0n) is 13.9. The number of aryl methyl sites for hydroxylation is 1. The minimum atomic E-state index is -0.429. The lowest BCUT2D eigenvalue weighted by Crippen LogP contribution is -2.31. The summed E-state index contributed by atoms with van der Waals surface area (Å²) in [5, 5.41) is 18.7. The zero-order chi connectivity index (χ0) is 17.1. The van der Waals surface area contributed by atoms with Crippen LogP contribution in [-0.2, 0) is 0 Å². The van der Waals surface area contributed by atoms with Crippen LogP contribution >= 0.6 is 0 Å². The van der Waals surface area contributed by atoms with Crippen molar-refractivity contribution in [2.24, 2.45) is 0 Å². The number of aromatic nitrogens is 2. The number of hydrogen-bond donors (Lipinski definition) is 3. The van der Waals surface area contributed by atoms with E-state index in [1.807, 2.05) is 25.1 Å². The molecule has 1 aromatic heterocycles. The summed E-state index contributed by atoms with van der Waals surface area (Å²) in [6.45, 7) is 4.02. The Morgan fingerprint density at radius 2 is 2.25 bits per heavy atom. The number of nitrogens with zero attached hydrogens (tertiary/aromatic N) is 2. The standard InChI is InChI=1S/C17H22N4O3/c1-10-9-13(16-20-15(21-24-16)12-3-4-12)5-6-14(10)19-17(23)18-8-7-11(2)22/h5-6,9,11-12,22H,3-4,7-8H2,1-2H3,(H2,18,19,23)/t11-/m1/s1. The number of carbonyl (C=O) groups is 1. The molecule has 1 atom stereocenters. The number of anilines is 1. The van der Waals surface area contributed by atoms with Crippen LogP contribution in [0.15, 0.2) is 22.7 Å². The Hall–Kier alpha value is -2.41. The minimum Gasteiger partial charge on any atom is -0.393 e. The summed E-state index contributed by atoms with van der Waals surface area (Å²) >= 11 is 0. The summed E-state index contributed by atoms with van der Waals surface area (Å²) in [7, 11) is 0. The van der Waals surface area contributed by atoms with E-state index in [4.69, 9.17) is 4.52 Å². The third kappa shape index (κ3) is 4.11. The van der Waals surface area contributed by atoms with Crippen molar-refractivity contribution in [2.75, 3.05) is 11.9 Å². The van der Waals surface area contributed by atoms with Crippen molar-refractivity contribution in [1.29, 1.82) is 0 Å². The molecule has 2 amide bonds. The number of rotatable bonds is 6. The fourth-order valence-corrected chi connectivity index (χ4v) is 2.36. The molecule has 0 bridgehead atoms. The Kier molecular flexibility index (Phi) is 4.80. The summed E-state index contributed by atoms with van der Waals surface area (Å²) in [4.78, 5) is 16.3. The maximum atomic E-state index is 11.8. The molecule has 1 fully saturated rings. The second-order valence-corrected chi connectivity index (χ2v) is 6.28. The maximum Gasteiger partial charge on any atom is 0.319 e. The van der Waals surface area contributed by atoms with Gasteiger partial charge in [0.1, 0.15) is 0 Å². The predicted molar refractivity (Wildman–Crippen MR) is 89.8 cm³/mol. The first-order chi connectivity index (χ1) is 11.5. The van der Waals surface area contributed by atoms with Crippen LogP contribution in [0.2, 0.25) is 0 Å². The van der Waals surface area contributed by atoms with Gasteiger partial charge in [0.15, 0.2) is 5.82 Å². The summed E-state index contributed by atoms with van der Waals surface area (Å²) in [5.74, 6) is 1.74. The van der Waals surface area contributed by atoms with Crippen LogP contribution in [0.5, 0.6) is 0 Å². The Morgan fingerprint density at radius 3 is 2.92 bits per heavy atom. The predicted octanol–water partition coefficient (Wildman–Crippen LogP) is 2.81. The van der Waals surface area contributed by atoms with E-state index in [-0.39, 0.29) is 6.03 Å². The monoisotopic (exact) mass is 330 g/mol. The molecule has 3 rings (SSSR count). The molecule has 2 aromatic rings. The quantitative estimate of drug-likeness (QED) is 0.756. The molecule has 7 nitrogen and oxygen atoms in total. The number of hydrogen-bond acceptors (Lipinski definition) is 5. The van der Waals surface area contributed by atoms with Crippen molar-refractivity contribution in [3.8, 4) is 11.5 Å². The van der Waals surface area contributed by atoms with Crippen molar-refractivity contribution in [2.45, 2.75) is 45.1 Å². The molecule has 0 spiro atoms. The summed E-state index contributed by atoms with van der Waals surface area (Å²) < 4.78 is 5.32. The fraction of sp³-hybridized carbons (Fsp3) is 0.471. The molecule has 0 unspecified atom stereocenters. The summed E-state index contributed by atoms with van der Waals surface area (Å²) in [6.07, 6.45) is 2.35. The van der Waals surface area contributed by atoms with Crippen LogP contribution in [-0.4, -0.2) is 33.9 Å². The topological polar surface area (TPSA) is 100 Å². The second kappa shape index (κ2) is 7.00. The molecule has 1 saturated carbocycles. The number of nitrogens with one attached hydrogen (secondary N) is 2. The van der Waals surface area contributed by atoms with Gasteiger partial charge < -0.3 is 20.3 Å². The van der Waals surface area contributed by atoms with Crippen molar-refractivity contribution in [1.82, 2.24) is 15.5 Å². The van der Waals surface area contributed by atoms with Gasteiger partial charge >= 0.3 is 6.03 Å². The van der Waals surface area contributed by atoms with Crippen molar-refractivity contribution in [3.63, 3.8) is 0 Å². The highest BCUT2D eigenvalue weighted by molar-refractivity contribution is 5.90. The lowest BCUT2D eigenvalue weighted by Gasteiger charge is -2.11. The van der Waals surface area contributed by atoms with Gasteiger partial charge in [-0.1, -0.05) is 5.16 Å². The van der Waals surface area contributed by atoms with E-state index in [1.54, 1.807) is 6.92 Å². The van der Waals surface area contributed by atoms with Gasteiger partial charge in [-0.15, -0.1) is 0 Å². The van der Waals surface area contributed by atoms with Crippen molar-refractivity contribution >= 4 is 11.7 Å².